The number of nitrogens with one attached hydrogen (secondary N) is 1. The van der Waals surface area contributed by atoms with Crippen molar-refractivity contribution in [3.8, 4) is 0 Å². The number of hydrogen-bond donors (Lipinski definition) is 2. The monoisotopic (exact) mass is 136 g/mol. The van der Waals surface area contributed by atoms with E-state index >= 15 is 0 Å². The first-order valence-electron chi connectivity index (χ1n) is 2.00. The van der Waals surface area contributed by atoms with Crippen molar-refractivity contribution in [1.82, 2.24) is 0 Å². The van der Waals surface area contributed by atoms with Gasteiger partial charge in [0.25, 0.3) is 0 Å². The van der Waals surface area contributed by atoms with E-state index in [1.165, 1.54) is 6.92 Å². The molecule has 0 aromatic carbocycles. The Hall–Kier alpha value is -0.420. The summed E-state index contributed by atoms with van der Waals surface area (Å²) in [7, 11) is -3.50. The summed E-state index contributed by atoms with van der Waals surface area (Å²) < 4.78 is 20.4. The van der Waals surface area contributed by atoms with E-state index in [0.29, 0.717) is 0 Å². The minimum atomic E-state index is -3.50. The third-order valence-electron chi connectivity index (χ3n) is 0.753. The van der Waals surface area contributed by atoms with Crippen molar-refractivity contribution < 1.29 is 8.42 Å². The van der Waals surface area contributed by atoms with Crippen LogP contribution in [0.2, 0.25) is 0 Å². The summed E-state index contributed by atoms with van der Waals surface area (Å²) in [4.78, 5) is 0. The molecule has 0 heterocycles. The summed E-state index contributed by atoms with van der Waals surface area (Å²) in [6.07, 6.45) is 0.787. The summed E-state index contributed by atoms with van der Waals surface area (Å²) in [5.41, 5.74) is 0. The first-order valence-corrected chi connectivity index (χ1v) is 3.61. The van der Waals surface area contributed by atoms with Crippen LogP contribution in [-0.2, 0) is 10.0 Å². The zero-order valence-electron chi connectivity index (χ0n) is 4.46. The normalized spacial score (nSPS) is 15.2. The van der Waals surface area contributed by atoms with Crippen molar-refractivity contribution in [3.63, 3.8) is 0 Å². The van der Waals surface area contributed by atoms with Gasteiger partial charge in [-0.05, 0) is 6.92 Å². The van der Waals surface area contributed by atoms with Gasteiger partial charge in [0.1, 0.15) is 5.25 Å². The minimum Gasteiger partial charge on any atom is -0.312 e. The fourth-order valence-corrected chi connectivity index (χ4v) is 0.285. The first kappa shape index (κ1) is 7.58. The predicted molar refractivity (Wildman–Crippen MR) is 31.4 cm³/mol. The van der Waals surface area contributed by atoms with E-state index in [4.69, 9.17) is 5.41 Å². The molecule has 0 rings (SSSR count). The van der Waals surface area contributed by atoms with Gasteiger partial charge in [-0.3, -0.25) is 0 Å². The molecule has 0 aromatic rings. The highest BCUT2D eigenvalue weighted by Crippen LogP contribution is 1.86. The number of sulfonamides is 1. The quantitative estimate of drug-likeness (QED) is 0.492. The lowest BCUT2D eigenvalue weighted by atomic mass is 10.5. The molecule has 5 heteroatoms. The van der Waals surface area contributed by atoms with Crippen LogP contribution in [0.5, 0.6) is 0 Å². The van der Waals surface area contributed by atoms with Gasteiger partial charge in [-0.1, -0.05) is 0 Å². The molecule has 0 aromatic heterocycles. The van der Waals surface area contributed by atoms with Gasteiger partial charge in [0.2, 0.25) is 10.0 Å². The van der Waals surface area contributed by atoms with Crippen molar-refractivity contribution in [3.05, 3.63) is 0 Å². The lowest BCUT2D eigenvalue weighted by molar-refractivity contribution is 0.595. The molecular weight excluding hydrogens is 128 g/mol. The van der Waals surface area contributed by atoms with E-state index in [9.17, 15) is 8.42 Å². The van der Waals surface area contributed by atoms with Crippen molar-refractivity contribution in [1.29, 1.82) is 5.41 Å². The third kappa shape index (κ3) is 2.04. The average Bonchev–Trinajstić information content (AvgIpc) is 1.62. The number of rotatable bonds is 2. The fraction of sp³-hybridized carbons (Fsp3) is 0.667. The second-order valence-electron chi connectivity index (χ2n) is 1.46. The van der Waals surface area contributed by atoms with Crippen LogP contribution in [0.15, 0.2) is 0 Å². The van der Waals surface area contributed by atoms with Crippen LogP contribution in [0.4, 0.5) is 0 Å². The molecule has 0 spiro atoms. The number of primary sulfonamides is 1. The Kier molecular flexibility index (Phi) is 2.12. The van der Waals surface area contributed by atoms with Crippen LogP contribution in [-0.4, -0.2) is 19.9 Å². The van der Waals surface area contributed by atoms with E-state index in [2.05, 4.69) is 5.14 Å². The number of hydrogen-bond acceptors (Lipinski definition) is 3. The van der Waals surface area contributed by atoms with Crippen molar-refractivity contribution in [2.24, 2.45) is 5.14 Å². The van der Waals surface area contributed by atoms with Crippen molar-refractivity contribution in [2.75, 3.05) is 0 Å². The molecule has 0 aliphatic carbocycles. The van der Waals surface area contributed by atoms with Gasteiger partial charge in [0.15, 0.2) is 0 Å². The Morgan fingerprint density at radius 2 is 2.12 bits per heavy atom. The lowest BCUT2D eigenvalue weighted by Gasteiger charge is -1.97. The molecular formula is C3H8N2O2S. The largest absolute Gasteiger partial charge is 0.312 e. The first-order chi connectivity index (χ1) is 3.48. The van der Waals surface area contributed by atoms with Crippen LogP contribution in [0.3, 0.4) is 0 Å². The summed E-state index contributed by atoms with van der Waals surface area (Å²) in [5, 5.41) is 10.2. The molecule has 4 nitrogen and oxygen atoms in total. The Balaban J connectivity index is 4.26. The molecule has 8 heavy (non-hydrogen) atoms. The molecule has 0 aliphatic rings. The average molecular weight is 136 g/mol. The van der Waals surface area contributed by atoms with Gasteiger partial charge in [0, 0.05) is 6.21 Å². The molecule has 1 unspecified atom stereocenters. The third-order valence-corrected chi connectivity index (χ3v) is 1.93. The molecule has 48 valence electrons. The molecule has 0 saturated heterocycles. The summed E-state index contributed by atoms with van der Waals surface area (Å²) in [5.74, 6) is 0. The topological polar surface area (TPSA) is 84.0 Å². The van der Waals surface area contributed by atoms with Gasteiger partial charge in [0.05, 0.1) is 0 Å². The van der Waals surface area contributed by atoms with E-state index < -0.39 is 15.3 Å². The zero-order chi connectivity index (χ0) is 6.78. The van der Waals surface area contributed by atoms with E-state index in [1.54, 1.807) is 0 Å². The maximum Gasteiger partial charge on any atom is 0.216 e. The summed E-state index contributed by atoms with van der Waals surface area (Å²) >= 11 is 0. The van der Waals surface area contributed by atoms with Crippen LogP contribution in [0, 0.1) is 5.41 Å². The smallest absolute Gasteiger partial charge is 0.216 e. The maximum absolute atomic E-state index is 10.2. The Bertz CT molecular complexity index is 172. The summed E-state index contributed by atoms with van der Waals surface area (Å²) in [6.45, 7) is 1.35. The lowest BCUT2D eigenvalue weighted by Crippen LogP contribution is -2.26. The molecule has 1 atom stereocenters. The predicted octanol–water partition coefficient (Wildman–Crippen LogP) is -0.687. The Morgan fingerprint density at radius 1 is 1.75 bits per heavy atom. The van der Waals surface area contributed by atoms with Crippen LogP contribution < -0.4 is 5.14 Å². The highest BCUT2D eigenvalue weighted by molar-refractivity contribution is 7.90. The molecule has 0 aliphatic heterocycles. The molecule has 0 saturated carbocycles. The van der Waals surface area contributed by atoms with Crippen LogP contribution in [0.1, 0.15) is 6.92 Å². The van der Waals surface area contributed by atoms with Gasteiger partial charge in [-0.25, -0.2) is 13.6 Å². The molecule has 3 N–H and O–H groups in total. The highest BCUT2D eigenvalue weighted by atomic mass is 32.2. The van der Waals surface area contributed by atoms with E-state index in [0.717, 1.165) is 6.21 Å². The highest BCUT2D eigenvalue weighted by Gasteiger charge is 2.10. The van der Waals surface area contributed by atoms with Gasteiger partial charge < -0.3 is 5.41 Å². The molecule has 0 fully saturated rings. The minimum absolute atomic E-state index is 0.787. The second-order valence-corrected chi connectivity index (χ2v) is 3.38. The van der Waals surface area contributed by atoms with E-state index in [-0.39, 0.29) is 0 Å². The van der Waals surface area contributed by atoms with Gasteiger partial charge in [-0.2, -0.15) is 0 Å². The zero-order valence-corrected chi connectivity index (χ0v) is 5.27. The van der Waals surface area contributed by atoms with Gasteiger partial charge >= 0.3 is 0 Å². The second kappa shape index (κ2) is 2.23. The van der Waals surface area contributed by atoms with Crippen LogP contribution >= 0.6 is 0 Å². The number of nitrogens with two attached hydrogens (primary N) is 1. The summed E-state index contributed by atoms with van der Waals surface area (Å²) in [6, 6.07) is 0. The molecule has 0 amide bonds. The fourth-order valence-electron chi connectivity index (χ4n) is 0.0948. The SMILES string of the molecule is CC(C=N)S(N)(=O)=O. The standard InChI is InChI=1S/C3H8N2O2S/c1-3(2-4)8(5,6)7/h2-4H,1H3,(H2,5,6,7). The van der Waals surface area contributed by atoms with Crippen LogP contribution in [0.25, 0.3) is 0 Å². The molecule has 0 radical (unpaired) electrons. The van der Waals surface area contributed by atoms with Gasteiger partial charge in [-0.15, -0.1) is 0 Å². The van der Waals surface area contributed by atoms with E-state index in [1.807, 2.05) is 0 Å². The Labute approximate surface area is 48.3 Å². The maximum atomic E-state index is 10.2. The molecule has 0 bridgehead atoms. The van der Waals surface area contributed by atoms with Crippen molar-refractivity contribution in [2.45, 2.75) is 12.2 Å². The van der Waals surface area contributed by atoms with Crippen molar-refractivity contribution >= 4 is 16.2 Å². The Morgan fingerprint density at radius 3 is 2.12 bits per heavy atom.